The third kappa shape index (κ3) is 5.36. The number of hydrogen-bond donors (Lipinski definition) is 2. The molecule has 1 aliphatic heterocycles. The van der Waals surface area contributed by atoms with E-state index in [2.05, 4.69) is 41.4 Å². The largest absolute Gasteiger partial charge is 0.504 e. The molecule has 0 amide bonds. The average Bonchev–Trinajstić information content (AvgIpc) is 3.29. The van der Waals surface area contributed by atoms with Gasteiger partial charge in [0.2, 0.25) is 0 Å². The van der Waals surface area contributed by atoms with Crippen molar-refractivity contribution in [1.29, 1.82) is 0 Å². The second-order valence-corrected chi connectivity index (χ2v) is 8.68. The van der Waals surface area contributed by atoms with Gasteiger partial charge < -0.3 is 19.9 Å². The number of phenols is 1. The molecule has 0 saturated carbocycles. The van der Waals surface area contributed by atoms with Crippen LogP contribution in [0.25, 0.3) is 21.7 Å². The molecule has 0 spiro atoms. The van der Waals surface area contributed by atoms with Gasteiger partial charge in [-0.25, -0.2) is 4.98 Å². The highest BCUT2D eigenvalue weighted by molar-refractivity contribution is 7.15. The first-order chi connectivity index (χ1) is 15.2. The number of rotatable bonds is 8. The molecule has 3 aromatic rings. The minimum atomic E-state index is 0.122. The number of morpholine rings is 1. The third-order valence-corrected chi connectivity index (χ3v) is 6.71. The first-order valence-corrected chi connectivity index (χ1v) is 11.5. The van der Waals surface area contributed by atoms with Gasteiger partial charge in [0.05, 0.1) is 26.0 Å². The second kappa shape index (κ2) is 10.1. The summed E-state index contributed by atoms with van der Waals surface area (Å²) in [5.41, 5.74) is 2.88. The summed E-state index contributed by atoms with van der Waals surface area (Å²) >= 11 is 1.81. The van der Waals surface area contributed by atoms with Crippen LogP contribution in [0.5, 0.6) is 11.5 Å². The van der Waals surface area contributed by atoms with Gasteiger partial charge in [0, 0.05) is 41.5 Å². The van der Waals surface area contributed by atoms with E-state index in [-0.39, 0.29) is 5.75 Å². The first kappa shape index (κ1) is 21.6. The van der Waals surface area contributed by atoms with Gasteiger partial charge in [0.15, 0.2) is 11.5 Å². The molecule has 0 unspecified atom stereocenters. The SMILES string of the molecule is CCc1ccc(-c2cc(NCCN3CCOCC3)nc(-c3ccc(O)c(OC)c3)c2)s1. The Morgan fingerprint density at radius 3 is 2.71 bits per heavy atom. The number of ether oxygens (including phenoxy) is 2. The molecule has 1 fully saturated rings. The number of aromatic nitrogens is 1. The van der Waals surface area contributed by atoms with Gasteiger partial charge in [-0.15, -0.1) is 11.3 Å². The van der Waals surface area contributed by atoms with E-state index in [1.54, 1.807) is 13.2 Å². The summed E-state index contributed by atoms with van der Waals surface area (Å²) in [4.78, 5) is 9.85. The van der Waals surface area contributed by atoms with Gasteiger partial charge in [0.1, 0.15) is 5.82 Å². The zero-order valence-corrected chi connectivity index (χ0v) is 18.9. The fourth-order valence-corrected chi connectivity index (χ4v) is 4.57. The zero-order chi connectivity index (χ0) is 21.6. The smallest absolute Gasteiger partial charge is 0.161 e. The molecule has 1 aliphatic rings. The van der Waals surface area contributed by atoms with Gasteiger partial charge in [-0.05, 0) is 54.4 Å². The van der Waals surface area contributed by atoms with Crippen molar-refractivity contribution in [2.24, 2.45) is 0 Å². The number of aromatic hydroxyl groups is 1. The summed E-state index contributed by atoms with van der Waals surface area (Å²) in [6.07, 6.45) is 1.03. The maximum Gasteiger partial charge on any atom is 0.161 e. The Labute approximate surface area is 187 Å². The van der Waals surface area contributed by atoms with Crippen molar-refractivity contribution in [3.63, 3.8) is 0 Å². The number of nitrogens with zero attached hydrogens (tertiary/aromatic N) is 2. The van der Waals surface area contributed by atoms with Crippen molar-refractivity contribution >= 4 is 17.2 Å². The van der Waals surface area contributed by atoms with Gasteiger partial charge in [-0.2, -0.15) is 0 Å². The van der Waals surface area contributed by atoms with E-state index in [9.17, 15) is 5.11 Å². The third-order valence-electron chi connectivity index (χ3n) is 5.43. The van der Waals surface area contributed by atoms with Crippen molar-refractivity contribution < 1.29 is 14.6 Å². The van der Waals surface area contributed by atoms with E-state index in [1.165, 1.54) is 9.75 Å². The number of hydrogen-bond acceptors (Lipinski definition) is 7. The van der Waals surface area contributed by atoms with Crippen LogP contribution < -0.4 is 10.1 Å². The summed E-state index contributed by atoms with van der Waals surface area (Å²) in [6.45, 7) is 7.51. The summed E-state index contributed by atoms with van der Waals surface area (Å²) < 4.78 is 10.7. The van der Waals surface area contributed by atoms with Gasteiger partial charge in [0.25, 0.3) is 0 Å². The van der Waals surface area contributed by atoms with Crippen molar-refractivity contribution in [3.05, 3.63) is 47.3 Å². The van der Waals surface area contributed by atoms with Gasteiger partial charge >= 0.3 is 0 Å². The Kier molecular flexibility index (Phi) is 7.06. The summed E-state index contributed by atoms with van der Waals surface area (Å²) in [6, 6.07) is 13.9. The predicted molar refractivity (Wildman–Crippen MR) is 126 cm³/mol. The number of phenolic OH excluding ortho intramolecular Hbond substituents is 1. The Bertz CT molecular complexity index is 1020. The highest BCUT2D eigenvalue weighted by atomic mass is 32.1. The molecule has 0 atom stereocenters. The molecule has 0 bridgehead atoms. The van der Waals surface area contributed by atoms with Crippen LogP contribution >= 0.6 is 11.3 Å². The maximum absolute atomic E-state index is 9.97. The summed E-state index contributed by atoms with van der Waals surface area (Å²) in [5.74, 6) is 1.41. The van der Waals surface area contributed by atoms with Crippen LogP contribution in [0.3, 0.4) is 0 Å². The van der Waals surface area contributed by atoms with Crippen molar-refractivity contribution in [2.45, 2.75) is 13.3 Å². The van der Waals surface area contributed by atoms with Crippen molar-refractivity contribution in [1.82, 2.24) is 9.88 Å². The van der Waals surface area contributed by atoms with E-state index in [1.807, 2.05) is 23.5 Å². The molecule has 164 valence electrons. The molecule has 31 heavy (non-hydrogen) atoms. The Morgan fingerprint density at radius 1 is 1.13 bits per heavy atom. The highest BCUT2D eigenvalue weighted by Gasteiger charge is 2.13. The number of aryl methyl sites for hydroxylation is 1. The molecule has 4 rings (SSSR count). The van der Waals surface area contributed by atoms with Crippen molar-refractivity contribution in [2.75, 3.05) is 51.8 Å². The minimum absolute atomic E-state index is 0.122. The van der Waals surface area contributed by atoms with E-state index in [0.717, 1.165) is 68.5 Å². The molecule has 6 nitrogen and oxygen atoms in total. The molecule has 2 aromatic heterocycles. The minimum Gasteiger partial charge on any atom is -0.504 e. The van der Waals surface area contributed by atoms with E-state index >= 15 is 0 Å². The van der Waals surface area contributed by atoms with Gasteiger partial charge in [-0.3, -0.25) is 4.90 Å². The van der Waals surface area contributed by atoms with Gasteiger partial charge in [-0.1, -0.05) is 6.92 Å². The van der Waals surface area contributed by atoms with Crippen LogP contribution in [0.2, 0.25) is 0 Å². The lowest BCUT2D eigenvalue weighted by Crippen LogP contribution is -2.39. The molecule has 7 heteroatoms. The van der Waals surface area contributed by atoms with E-state index < -0.39 is 0 Å². The van der Waals surface area contributed by atoms with Crippen LogP contribution in [-0.2, 0) is 11.2 Å². The molecule has 1 aromatic carbocycles. The normalized spacial score (nSPS) is 14.5. The average molecular weight is 440 g/mol. The quantitative estimate of drug-likeness (QED) is 0.539. The van der Waals surface area contributed by atoms with Crippen LogP contribution in [0.15, 0.2) is 42.5 Å². The topological polar surface area (TPSA) is 66.9 Å². The Morgan fingerprint density at radius 2 is 1.97 bits per heavy atom. The number of pyridine rings is 1. The fraction of sp³-hybridized carbons (Fsp3) is 0.375. The number of thiophene rings is 1. The van der Waals surface area contributed by atoms with Crippen LogP contribution in [0, 0.1) is 0 Å². The maximum atomic E-state index is 9.97. The second-order valence-electron chi connectivity index (χ2n) is 7.51. The monoisotopic (exact) mass is 439 g/mol. The summed E-state index contributed by atoms with van der Waals surface area (Å²) in [7, 11) is 1.55. The van der Waals surface area contributed by atoms with Crippen LogP contribution in [-0.4, -0.2) is 61.5 Å². The molecule has 0 radical (unpaired) electrons. The van der Waals surface area contributed by atoms with E-state index in [0.29, 0.717) is 5.75 Å². The summed E-state index contributed by atoms with van der Waals surface area (Å²) in [5, 5.41) is 13.5. The Hall–Kier alpha value is -2.61. The molecule has 1 saturated heterocycles. The number of anilines is 1. The molecule has 0 aliphatic carbocycles. The molecular formula is C24H29N3O3S. The van der Waals surface area contributed by atoms with Crippen LogP contribution in [0.1, 0.15) is 11.8 Å². The molecule has 2 N–H and O–H groups in total. The fourth-order valence-electron chi connectivity index (χ4n) is 3.64. The van der Waals surface area contributed by atoms with Crippen LogP contribution in [0.4, 0.5) is 5.82 Å². The standard InChI is InChI=1S/C24H29N3O3S/c1-3-19-5-7-23(31-19)18-14-20(17-4-6-21(28)22(15-17)29-2)26-24(16-18)25-8-9-27-10-12-30-13-11-27/h4-7,14-16,28H,3,8-13H2,1-2H3,(H,25,26). The van der Waals surface area contributed by atoms with Crippen molar-refractivity contribution in [3.8, 4) is 33.2 Å². The lowest BCUT2D eigenvalue weighted by molar-refractivity contribution is 0.0398. The zero-order valence-electron chi connectivity index (χ0n) is 18.1. The number of methoxy groups -OCH3 is 1. The lowest BCUT2D eigenvalue weighted by Gasteiger charge is -2.26. The number of nitrogens with one attached hydrogen (secondary N) is 1. The Balaban J connectivity index is 1.61. The predicted octanol–water partition coefficient (Wildman–Crippen LogP) is 4.50. The first-order valence-electron chi connectivity index (χ1n) is 10.7. The van der Waals surface area contributed by atoms with E-state index in [4.69, 9.17) is 14.5 Å². The molecular weight excluding hydrogens is 410 g/mol. The number of benzene rings is 1. The lowest BCUT2D eigenvalue weighted by atomic mass is 10.1. The molecule has 3 heterocycles. The highest BCUT2D eigenvalue weighted by Crippen LogP contribution is 2.35.